The predicted octanol–water partition coefficient (Wildman–Crippen LogP) is 4.30. The first-order chi connectivity index (χ1) is 13.7. The topological polar surface area (TPSA) is 72.7 Å². The van der Waals surface area contributed by atoms with Crippen molar-refractivity contribution in [2.45, 2.75) is 5.03 Å². The molecule has 7 heteroatoms. The summed E-state index contributed by atoms with van der Waals surface area (Å²) >= 11 is 1.54. The molecule has 2 aromatic carbocycles. The number of benzene rings is 2. The van der Waals surface area contributed by atoms with Gasteiger partial charge in [-0.3, -0.25) is 4.79 Å². The van der Waals surface area contributed by atoms with Crippen LogP contribution in [0.15, 0.2) is 84.0 Å². The van der Waals surface area contributed by atoms with E-state index in [-0.39, 0.29) is 11.7 Å². The van der Waals surface area contributed by atoms with E-state index >= 15 is 0 Å². The summed E-state index contributed by atoms with van der Waals surface area (Å²) < 4.78 is 1.68. The van der Waals surface area contributed by atoms with Crippen LogP contribution in [0, 0.1) is 0 Å². The van der Waals surface area contributed by atoms with Gasteiger partial charge in [-0.05, 0) is 30.5 Å². The molecule has 2 aromatic heterocycles. The molecular formula is C21H17N5OS. The lowest BCUT2D eigenvalue weighted by Gasteiger charge is -2.05. The lowest BCUT2D eigenvalue weighted by atomic mass is 10.2. The molecule has 0 fully saturated rings. The van der Waals surface area contributed by atoms with Gasteiger partial charge in [0, 0.05) is 5.56 Å². The Hall–Kier alpha value is -3.45. The fraction of sp³-hybridized carbons (Fsp3) is 0.0476. The normalized spacial score (nSPS) is 10.6. The van der Waals surface area contributed by atoms with Crippen molar-refractivity contribution < 1.29 is 4.79 Å². The number of pyridine rings is 1. The van der Waals surface area contributed by atoms with E-state index in [1.807, 2.05) is 79.1 Å². The number of nitrogens with one attached hydrogen (secondary N) is 1. The molecule has 28 heavy (non-hydrogen) atoms. The quantitative estimate of drug-likeness (QED) is 0.517. The minimum atomic E-state index is -0.384. The van der Waals surface area contributed by atoms with E-state index in [9.17, 15) is 4.79 Å². The maximum Gasteiger partial charge on any atom is 0.295 e. The summed E-state index contributed by atoms with van der Waals surface area (Å²) in [5.74, 6) is 0.315. The van der Waals surface area contributed by atoms with Crippen molar-refractivity contribution in [2.75, 3.05) is 11.6 Å². The van der Waals surface area contributed by atoms with E-state index in [2.05, 4.69) is 20.4 Å². The Morgan fingerprint density at radius 2 is 1.68 bits per heavy atom. The number of carbonyl (C=O) groups is 1. The van der Waals surface area contributed by atoms with Crippen molar-refractivity contribution in [3.63, 3.8) is 0 Å². The lowest BCUT2D eigenvalue weighted by molar-refractivity contribution is 0.101. The Kier molecular flexibility index (Phi) is 5.16. The highest BCUT2D eigenvalue weighted by atomic mass is 32.2. The molecule has 0 bridgehead atoms. The molecule has 4 rings (SSSR count). The van der Waals surface area contributed by atoms with Gasteiger partial charge in [0.15, 0.2) is 5.82 Å². The predicted molar refractivity (Wildman–Crippen MR) is 111 cm³/mol. The summed E-state index contributed by atoms with van der Waals surface area (Å²) in [7, 11) is 0. The number of carbonyl (C=O) groups excluding carboxylic acids is 1. The molecule has 0 aliphatic rings. The van der Waals surface area contributed by atoms with Crippen molar-refractivity contribution in [1.82, 2.24) is 19.7 Å². The van der Waals surface area contributed by atoms with E-state index < -0.39 is 0 Å². The summed E-state index contributed by atoms with van der Waals surface area (Å²) in [6, 6.07) is 23.0. The summed E-state index contributed by atoms with van der Waals surface area (Å²) in [6.45, 7) is 0. The molecule has 1 N–H and O–H groups in total. The van der Waals surface area contributed by atoms with Gasteiger partial charge in [-0.2, -0.15) is 0 Å². The Bertz CT molecular complexity index is 1020. The molecule has 0 aliphatic heterocycles. The molecule has 0 saturated carbocycles. The Balaban J connectivity index is 1.69. The molecule has 4 aromatic rings. The molecule has 6 nitrogen and oxygen atoms in total. The number of hydrogen-bond acceptors (Lipinski definition) is 5. The van der Waals surface area contributed by atoms with Crippen LogP contribution in [0.2, 0.25) is 0 Å². The third kappa shape index (κ3) is 3.79. The monoisotopic (exact) mass is 387 g/mol. The van der Waals surface area contributed by atoms with Crippen molar-refractivity contribution in [2.24, 2.45) is 0 Å². The second-order valence-electron chi connectivity index (χ2n) is 5.92. The van der Waals surface area contributed by atoms with Crippen LogP contribution < -0.4 is 5.32 Å². The van der Waals surface area contributed by atoms with Crippen LogP contribution in [0.4, 0.5) is 5.69 Å². The molecular weight excluding hydrogens is 370 g/mol. The second kappa shape index (κ2) is 8.06. The fourth-order valence-corrected chi connectivity index (χ4v) is 3.06. The number of nitrogens with zero attached hydrogens (tertiary/aromatic N) is 4. The number of anilines is 1. The van der Waals surface area contributed by atoms with E-state index in [1.54, 1.807) is 22.6 Å². The van der Waals surface area contributed by atoms with Crippen LogP contribution in [0.25, 0.3) is 17.1 Å². The molecule has 0 atom stereocenters. The SMILES string of the molecule is CSc1ccc(NC(=O)c2nc(-c3ccccc3)n(-c3ccccc3)n2)cn1. The van der Waals surface area contributed by atoms with Crippen molar-refractivity contribution in [3.05, 3.63) is 84.8 Å². The van der Waals surface area contributed by atoms with E-state index in [4.69, 9.17) is 0 Å². The first-order valence-electron chi connectivity index (χ1n) is 8.64. The maximum atomic E-state index is 12.7. The van der Waals surface area contributed by atoms with E-state index in [0.29, 0.717) is 11.5 Å². The molecule has 0 unspecified atom stereocenters. The van der Waals surface area contributed by atoms with Gasteiger partial charge in [0.05, 0.1) is 22.6 Å². The van der Waals surface area contributed by atoms with Crippen molar-refractivity contribution in [1.29, 1.82) is 0 Å². The maximum absolute atomic E-state index is 12.7. The van der Waals surface area contributed by atoms with Crippen LogP contribution in [0.1, 0.15) is 10.6 Å². The highest BCUT2D eigenvalue weighted by Crippen LogP contribution is 2.21. The largest absolute Gasteiger partial charge is 0.318 e. The minimum Gasteiger partial charge on any atom is -0.318 e. The number of amides is 1. The average molecular weight is 387 g/mol. The second-order valence-corrected chi connectivity index (χ2v) is 6.74. The lowest BCUT2D eigenvalue weighted by Crippen LogP contribution is -2.14. The van der Waals surface area contributed by atoms with Gasteiger partial charge in [0.1, 0.15) is 0 Å². The number of hydrogen-bond donors (Lipinski definition) is 1. The first-order valence-corrected chi connectivity index (χ1v) is 9.86. The zero-order valence-electron chi connectivity index (χ0n) is 15.1. The van der Waals surface area contributed by atoms with Crippen LogP contribution >= 0.6 is 11.8 Å². The van der Waals surface area contributed by atoms with Gasteiger partial charge >= 0.3 is 0 Å². The Labute approximate surface area is 166 Å². The van der Waals surface area contributed by atoms with Gasteiger partial charge in [0.2, 0.25) is 5.82 Å². The highest BCUT2D eigenvalue weighted by Gasteiger charge is 2.19. The van der Waals surface area contributed by atoms with Crippen LogP contribution in [-0.4, -0.2) is 31.9 Å². The summed E-state index contributed by atoms with van der Waals surface area (Å²) in [5, 5.41) is 8.14. The zero-order chi connectivity index (χ0) is 19.3. The van der Waals surface area contributed by atoms with E-state index in [1.165, 1.54) is 0 Å². The molecule has 2 heterocycles. The van der Waals surface area contributed by atoms with Gasteiger partial charge < -0.3 is 5.32 Å². The standard InChI is InChI=1S/C21H17N5OS/c1-28-18-13-12-16(14-22-18)23-21(27)19-24-20(15-8-4-2-5-9-15)26(25-19)17-10-6-3-7-11-17/h2-14H,1H3,(H,23,27). The average Bonchev–Trinajstić information content (AvgIpc) is 3.21. The third-order valence-corrected chi connectivity index (χ3v) is 4.71. The van der Waals surface area contributed by atoms with Crippen LogP contribution in [0.3, 0.4) is 0 Å². The fourth-order valence-electron chi connectivity index (χ4n) is 2.69. The molecule has 0 spiro atoms. The third-order valence-electron chi connectivity index (χ3n) is 4.05. The Morgan fingerprint density at radius 1 is 0.964 bits per heavy atom. The molecule has 0 saturated heterocycles. The molecule has 0 aliphatic carbocycles. The highest BCUT2D eigenvalue weighted by molar-refractivity contribution is 7.98. The first kappa shape index (κ1) is 17.9. The molecule has 0 radical (unpaired) electrons. The molecule has 1 amide bonds. The van der Waals surface area contributed by atoms with Gasteiger partial charge in [-0.15, -0.1) is 16.9 Å². The summed E-state index contributed by atoms with van der Waals surface area (Å²) in [4.78, 5) is 21.5. The number of rotatable bonds is 5. The van der Waals surface area contributed by atoms with Crippen molar-refractivity contribution >= 4 is 23.4 Å². The number of thioether (sulfide) groups is 1. The number of para-hydroxylation sites is 1. The van der Waals surface area contributed by atoms with Gasteiger partial charge in [-0.25, -0.2) is 14.6 Å². The zero-order valence-corrected chi connectivity index (χ0v) is 15.9. The smallest absolute Gasteiger partial charge is 0.295 e. The number of aromatic nitrogens is 4. The van der Waals surface area contributed by atoms with Gasteiger partial charge in [-0.1, -0.05) is 48.5 Å². The van der Waals surface area contributed by atoms with Crippen molar-refractivity contribution in [3.8, 4) is 17.1 Å². The summed E-state index contributed by atoms with van der Waals surface area (Å²) in [6.07, 6.45) is 3.57. The minimum absolute atomic E-state index is 0.0941. The molecule has 138 valence electrons. The van der Waals surface area contributed by atoms with Crippen LogP contribution in [0.5, 0.6) is 0 Å². The summed E-state index contributed by atoms with van der Waals surface area (Å²) in [5.41, 5.74) is 2.31. The van der Waals surface area contributed by atoms with Gasteiger partial charge in [0.25, 0.3) is 5.91 Å². The van der Waals surface area contributed by atoms with Crippen LogP contribution in [-0.2, 0) is 0 Å². The Morgan fingerprint density at radius 3 is 2.32 bits per heavy atom. The van der Waals surface area contributed by atoms with E-state index in [0.717, 1.165) is 16.3 Å².